The number of benzene rings is 2. The number of para-hydroxylation sites is 3. The summed E-state index contributed by atoms with van der Waals surface area (Å²) in [6, 6.07) is 12.6. The average Bonchev–Trinajstić information content (AvgIpc) is 3.06. The summed E-state index contributed by atoms with van der Waals surface area (Å²) in [6.45, 7) is 1.56. The highest BCUT2D eigenvalue weighted by molar-refractivity contribution is 5.80. The largest absolute Gasteiger partial charge is 0.454 e. The van der Waals surface area contributed by atoms with Gasteiger partial charge in [0.2, 0.25) is 5.89 Å². The van der Waals surface area contributed by atoms with Crippen LogP contribution in [0.1, 0.15) is 11.5 Å². The highest BCUT2D eigenvalue weighted by atomic mass is 16.5. The predicted octanol–water partition coefficient (Wildman–Crippen LogP) is 2.59. The molecule has 0 radical (unpaired) electrons. The second kappa shape index (κ2) is 6.44. The molecule has 0 atom stereocenters. The molecule has 0 aliphatic heterocycles. The Morgan fingerprint density at radius 2 is 2.04 bits per heavy atom. The Labute approximate surface area is 147 Å². The number of carbonyl (C=O) groups excluding carboxylic acids is 1. The van der Waals surface area contributed by atoms with Gasteiger partial charge in [0.25, 0.3) is 5.56 Å². The number of rotatable bonds is 4. The highest BCUT2D eigenvalue weighted by Gasteiger charge is 2.12. The van der Waals surface area contributed by atoms with E-state index in [1.54, 1.807) is 18.2 Å². The molecule has 0 aliphatic carbocycles. The number of aryl methyl sites for hydroxylation is 1. The third kappa shape index (κ3) is 2.95. The molecule has 130 valence electrons. The summed E-state index contributed by atoms with van der Waals surface area (Å²) in [5.74, 6) is -0.262. The van der Waals surface area contributed by atoms with Crippen LogP contribution in [0, 0.1) is 6.92 Å². The van der Waals surface area contributed by atoms with Crippen LogP contribution in [-0.4, -0.2) is 20.5 Å². The molecular weight excluding hydrogens is 334 g/mol. The zero-order valence-electron chi connectivity index (χ0n) is 14.0. The molecule has 0 fully saturated rings. The molecular formula is C19H15N3O4. The van der Waals surface area contributed by atoms with Crippen molar-refractivity contribution in [2.75, 3.05) is 0 Å². The summed E-state index contributed by atoms with van der Waals surface area (Å²) in [5, 5.41) is 0.472. The molecule has 2 aromatic carbocycles. The third-order valence-electron chi connectivity index (χ3n) is 4.05. The first-order chi connectivity index (χ1) is 12.6. The first-order valence-corrected chi connectivity index (χ1v) is 8.06. The van der Waals surface area contributed by atoms with Crippen molar-refractivity contribution >= 4 is 28.0 Å². The van der Waals surface area contributed by atoms with Crippen molar-refractivity contribution in [2.45, 2.75) is 20.1 Å². The number of ether oxygens (including phenoxy) is 1. The molecule has 0 N–H and O–H groups in total. The van der Waals surface area contributed by atoms with Crippen LogP contribution in [0.25, 0.3) is 22.0 Å². The van der Waals surface area contributed by atoms with E-state index < -0.39 is 5.97 Å². The van der Waals surface area contributed by atoms with E-state index in [0.717, 1.165) is 5.56 Å². The van der Waals surface area contributed by atoms with E-state index in [4.69, 9.17) is 9.15 Å². The van der Waals surface area contributed by atoms with E-state index in [2.05, 4.69) is 9.97 Å². The van der Waals surface area contributed by atoms with Crippen LogP contribution in [-0.2, 0) is 22.7 Å². The van der Waals surface area contributed by atoms with Gasteiger partial charge >= 0.3 is 5.97 Å². The number of aromatic nitrogens is 3. The van der Waals surface area contributed by atoms with Crippen molar-refractivity contribution in [3.8, 4) is 0 Å². The van der Waals surface area contributed by atoms with Gasteiger partial charge in [-0.1, -0.05) is 24.3 Å². The Hall–Kier alpha value is -3.48. The molecule has 4 rings (SSSR count). The number of hydrogen-bond donors (Lipinski definition) is 0. The lowest BCUT2D eigenvalue weighted by Gasteiger charge is -2.07. The van der Waals surface area contributed by atoms with Gasteiger partial charge in [-0.15, -0.1) is 0 Å². The number of esters is 1. The number of fused-ring (bicyclic) bond motifs is 2. The van der Waals surface area contributed by atoms with Crippen molar-refractivity contribution < 1.29 is 13.9 Å². The molecule has 0 aliphatic rings. The fourth-order valence-electron chi connectivity index (χ4n) is 2.76. The minimum absolute atomic E-state index is 0.0949. The Morgan fingerprint density at radius 3 is 2.88 bits per heavy atom. The van der Waals surface area contributed by atoms with Gasteiger partial charge in [0.15, 0.2) is 12.2 Å². The van der Waals surface area contributed by atoms with Gasteiger partial charge in [0, 0.05) is 0 Å². The fourth-order valence-corrected chi connectivity index (χ4v) is 2.76. The zero-order chi connectivity index (χ0) is 18.1. The Morgan fingerprint density at radius 1 is 1.19 bits per heavy atom. The number of nitrogens with zero attached hydrogens (tertiary/aromatic N) is 3. The van der Waals surface area contributed by atoms with Crippen molar-refractivity contribution in [1.82, 2.24) is 14.5 Å². The van der Waals surface area contributed by atoms with Crippen molar-refractivity contribution in [3.05, 3.63) is 70.6 Å². The Bertz CT molecular complexity index is 1140. The Balaban J connectivity index is 1.48. The molecule has 2 aromatic heterocycles. The minimum atomic E-state index is -0.567. The summed E-state index contributed by atoms with van der Waals surface area (Å²) < 4.78 is 11.9. The first-order valence-electron chi connectivity index (χ1n) is 8.06. The van der Waals surface area contributed by atoms with Gasteiger partial charge in [-0.3, -0.25) is 14.2 Å². The lowest BCUT2D eigenvalue weighted by molar-refractivity contribution is -0.146. The monoisotopic (exact) mass is 349 g/mol. The number of hydrogen-bond acceptors (Lipinski definition) is 6. The molecule has 2 heterocycles. The molecule has 0 amide bonds. The molecule has 0 spiro atoms. The van der Waals surface area contributed by atoms with E-state index in [0.29, 0.717) is 27.9 Å². The van der Waals surface area contributed by atoms with Gasteiger partial charge in [-0.2, -0.15) is 0 Å². The van der Waals surface area contributed by atoms with E-state index in [-0.39, 0.29) is 18.7 Å². The van der Waals surface area contributed by atoms with Crippen molar-refractivity contribution in [1.29, 1.82) is 0 Å². The van der Waals surface area contributed by atoms with E-state index in [1.165, 1.54) is 10.9 Å². The molecule has 0 saturated carbocycles. The van der Waals surface area contributed by atoms with E-state index in [1.807, 2.05) is 31.2 Å². The third-order valence-corrected chi connectivity index (χ3v) is 4.05. The number of carbonyl (C=O) groups is 1. The van der Waals surface area contributed by atoms with E-state index in [9.17, 15) is 9.59 Å². The lowest BCUT2D eigenvalue weighted by Crippen LogP contribution is -2.25. The molecule has 4 aromatic rings. The summed E-state index contributed by atoms with van der Waals surface area (Å²) >= 11 is 0. The molecule has 7 nitrogen and oxygen atoms in total. The second-order valence-corrected chi connectivity index (χ2v) is 5.88. The van der Waals surface area contributed by atoms with Gasteiger partial charge in [-0.25, -0.2) is 9.97 Å². The summed E-state index contributed by atoms with van der Waals surface area (Å²) in [4.78, 5) is 33.1. The molecule has 7 heteroatoms. The molecule has 0 bridgehead atoms. The molecule has 26 heavy (non-hydrogen) atoms. The zero-order valence-corrected chi connectivity index (χ0v) is 14.0. The van der Waals surface area contributed by atoms with Crippen LogP contribution in [0.4, 0.5) is 0 Å². The average molecular weight is 349 g/mol. The van der Waals surface area contributed by atoms with Crippen LogP contribution in [0.15, 0.2) is 58.0 Å². The summed E-state index contributed by atoms with van der Waals surface area (Å²) in [7, 11) is 0. The van der Waals surface area contributed by atoms with Gasteiger partial charge in [0.05, 0.1) is 17.2 Å². The fraction of sp³-hybridized carbons (Fsp3) is 0.158. The van der Waals surface area contributed by atoms with Gasteiger partial charge in [0.1, 0.15) is 12.1 Å². The van der Waals surface area contributed by atoms with Crippen LogP contribution in [0.5, 0.6) is 0 Å². The maximum atomic E-state index is 12.5. The van der Waals surface area contributed by atoms with Crippen LogP contribution in [0.2, 0.25) is 0 Å². The second-order valence-electron chi connectivity index (χ2n) is 5.88. The standard InChI is InChI=1S/C19H15N3O4/c1-12-5-4-6-13-18(12)20-11-22(19(13)24)9-17(23)25-10-16-21-14-7-2-3-8-15(14)26-16/h2-8,11H,9-10H2,1H3. The number of oxazole rings is 1. The molecule has 0 saturated heterocycles. The van der Waals surface area contributed by atoms with E-state index >= 15 is 0 Å². The maximum absolute atomic E-state index is 12.5. The maximum Gasteiger partial charge on any atom is 0.326 e. The predicted molar refractivity (Wildman–Crippen MR) is 94.5 cm³/mol. The summed E-state index contributed by atoms with van der Waals surface area (Å²) in [5.41, 5.74) is 2.59. The minimum Gasteiger partial charge on any atom is -0.454 e. The van der Waals surface area contributed by atoms with Crippen molar-refractivity contribution in [3.63, 3.8) is 0 Å². The lowest BCUT2D eigenvalue weighted by atomic mass is 10.1. The Kier molecular flexibility index (Phi) is 3.96. The SMILES string of the molecule is Cc1cccc2c(=O)n(CC(=O)OCc3nc4ccccc4o3)cnc12. The van der Waals surface area contributed by atoms with Gasteiger partial charge < -0.3 is 9.15 Å². The van der Waals surface area contributed by atoms with Crippen LogP contribution < -0.4 is 5.56 Å². The van der Waals surface area contributed by atoms with Gasteiger partial charge in [-0.05, 0) is 30.7 Å². The quantitative estimate of drug-likeness (QED) is 0.526. The normalized spacial score (nSPS) is 11.1. The smallest absolute Gasteiger partial charge is 0.326 e. The highest BCUT2D eigenvalue weighted by Crippen LogP contribution is 2.15. The van der Waals surface area contributed by atoms with Crippen LogP contribution in [0.3, 0.4) is 0 Å². The van der Waals surface area contributed by atoms with Crippen LogP contribution >= 0.6 is 0 Å². The van der Waals surface area contributed by atoms with Crippen molar-refractivity contribution in [2.24, 2.45) is 0 Å². The molecule has 0 unspecified atom stereocenters. The summed E-state index contributed by atoms with van der Waals surface area (Å²) in [6.07, 6.45) is 1.36. The topological polar surface area (TPSA) is 87.2 Å². The first kappa shape index (κ1) is 16.0.